The summed E-state index contributed by atoms with van der Waals surface area (Å²) in [5, 5.41) is 8.97. The number of aliphatic carboxylic acids is 1. The molecule has 1 amide bonds. The van der Waals surface area contributed by atoms with E-state index in [0.29, 0.717) is 12.8 Å². The summed E-state index contributed by atoms with van der Waals surface area (Å²) in [5.41, 5.74) is 0. The van der Waals surface area contributed by atoms with Crippen molar-refractivity contribution in [1.82, 2.24) is 4.90 Å². The number of carbonyl (C=O) groups is 2. The number of hydrogen-bond donors (Lipinski definition) is 1. The smallest absolute Gasteiger partial charge is 0.307 e. The fourth-order valence-electron chi connectivity index (χ4n) is 2.05. The maximum atomic E-state index is 11.7. The Labute approximate surface area is 83.9 Å². The zero-order valence-electron chi connectivity index (χ0n) is 8.69. The molecule has 0 aliphatic heterocycles. The quantitative estimate of drug-likeness (QED) is 0.720. The van der Waals surface area contributed by atoms with E-state index in [-0.39, 0.29) is 11.8 Å². The second-order valence-electron chi connectivity index (χ2n) is 4.07. The third-order valence-electron chi connectivity index (χ3n) is 2.84. The van der Waals surface area contributed by atoms with Crippen molar-refractivity contribution in [1.29, 1.82) is 0 Å². The predicted octanol–water partition coefficient (Wildman–Crippen LogP) is 0.966. The first kappa shape index (κ1) is 11.0. The fourth-order valence-corrected chi connectivity index (χ4v) is 2.05. The van der Waals surface area contributed by atoms with Gasteiger partial charge in [0, 0.05) is 14.1 Å². The van der Waals surface area contributed by atoms with Crippen LogP contribution in [-0.2, 0) is 9.59 Å². The van der Waals surface area contributed by atoms with Crippen LogP contribution in [0.5, 0.6) is 0 Å². The van der Waals surface area contributed by atoms with Crippen LogP contribution in [0.25, 0.3) is 0 Å². The zero-order valence-corrected chi connectivity index (χ0v) is 8.69. The van der Waals surface area contributed by atoms with Gasteiger partial charge in [0.25, 0.3) is 0 Å². The molecule has 0 aromatic carbocycles. The van der Waals surface area contributed by atoms with E-state index in [1.807, 2.05) is 0 Å². The lowest BCUT2D eigenvalue weighted by Crippen LogP contribution is -2.39. The first-order chi connectivity index (χ1) is 6.54. The van der Waals surface area contributed by atoms with Crippen LogP contribution in [0.3, 0.4) is 0 Å². The van der Waals surface area contributed by atoms with Gasteiger partial charge in [0.05, 0.1) is 11.8 Å². The maximum absolute atomic E-state index is 11.7. The molecule has 1 N–H and O–H groups in total. The molecule has 1 aliphatic rings. The highest BCUT2D eigenvalue weighted by molar-refractivity contribution is 5.84. The molecular weight excluding hydrogens is 182 g/mol. The van der Waals surface area contributed by atoms with Gasteiger partial charge in [0.2, 0.25) is 5.91 Å². The minimum atomic E-state index is -0.829. The number of carboxylic acid groups (broad SMARTS) is 1. The Balaban J connectivity index is 2.72. The third-order valence-corrected chi connectivity index (χ3v) is 2.84. The van der Waals surface area contributed by atoms with E-state index in [1.54, 1.807) is 14.1 Å². The van der Waals surface area contributed by atoms with Gasteiger partial charge in [-0.15, -0.1) is 0 Å². The molecule has 80 valence electrons. The Morgan fingerprint density at radius 2 is 1.64 bits per heavy atom. The normalized spacial score (nSPS) is 27.0. The molecule has 0 aromatic heterocycles. The van der Waals surface area contributed by atoms with E-state index in [2.05, 4.69) is 0 Å². The topological polar surface area (TPSA) is 57.6 Å². The van der Waals surface area contributed by atoms with Crippen LogP contribution in [0.1, 0.15) is 25.7 Å². The highest BCUT2D eigenvalue weighted by Gasteiger charge is 2.36. The molecule has 1 saturated carbocycles. The lowest BCUT2D eigenvalue weighted by Gasteiger charge is -2.29. The Hall–Kier alpha value is -1.06. The minimum absolute atomic E-state index is 0.0444. The maximum Gasteiger partial charge on any atom is 0.307 e. The van der Waals surface area contributed by atoms with E-state index in [9.17, 15) is 9.59 Å². The number of rotatable bonds is 2. The van der Waals surface area contributed by atoms with Gasteiger partial charge in [-0.3, -0.25) is 9.59 Å². The highest BCUT2D eigenvalue weighted by atomic mass is 16.4. The average Bonchev–Trinajstić information content (AvgIpc) is 2.16. The van der Waals surface area contributed by atoms with Gasteiger partial charge < -0.3 is 10.0 Å². The summed E-state index contributed by atoms with van der Waals surface area (Å²) in [6, 6.07) is 0. The Bertz CT molecular complexity index is 238. The predicted molar refractivity (Wildman–Crippen MR) is 51.8 cm³/mol. The zero-order chi connectivity index (χ0) is 10.7. The van der Waals surface area contributed by atoms with E-state index in [4.69, 9.17) is 5.11 Å². The van der Waals surface area contributed by atoms with E-state index < -0.39 is 11.9 Å². The molecule has 4 heteroatoms. The summed E-state index contributed by atoms with van der Waals surface area (Å²) < 4.78 is 0. The lowest BCUT2D eigenvalue weighted by molar-refractivity contribution is -0.151. The molecule has 4 nitrogen and oxygen atoms in total. The van der Waals surface area contributed by atoms with Crippen LogP contribution in [0.2, 0.25) is 0 Å². The van der Waals surface area contributed by atoms with Crippen LogP contribution in [0.4, 0.5) is 0 Å². The van der Waals surface area contributed by atoms with Crippen molar-refractivity contribution in [3.05, 3.63) is 0 Å². The Morgan fingerprint density at radius 1 is 1.14 bits per heavy atom. The summed E-state index contributed by atoms with van der Waals surface area (Å²) in [6.07, 6.45) is 3.25. The summed E-state index contributed by atoms with van der Waals surface area (Å²) in [4.78, 5) is 24.1. The molecule has 0 spiro atoms. The number of carbonyl (C=O) groups excluding carboxylic acids is 1. The lowest BCUT2D eigenvalue weighted by atomic mass is 9.78. The van der Waals surface area contributed by atoms with Gasteiger partial charge in [-0.2, -0.15) is 0 Å². The Morgan fingerprint density at radius 3 is 2.07 bits per heavy atom. The molecule has 14 heavy (non-hydrogen) atoms. The van der Waals surface area contributed by atoms with Crippen LogP contribution < -0.4 is 0 Å². The summed E-state index contributed by atoms with van der Waals surface area (Å²) in [6.45, 7) is 0. The standard InChI is InChI=1S/C10H17NO3/c1-11(2)9(12)7-5-3-4-6-8(7)10(13)14/h7-8H,3-6H2,1-2H3,(H,13,14). The summed E-state index contributed by atoms with van der Waals surface area (Å²) in [5.74, 6) is -1.66. The highest BCUT2D eigenvalue weighted by Crippen LogP contribution is 2.31. The minimum Gasteiger partial charge on any atom is -0.481 e. The van der Waals surface area contributed by atoms with Crippen molar-refractivity contribution in [2.24, 2.45) is 11.8 Å². The van der Waals surface area contributed by atoms with Crippen molar-refractivity contribution in [2.45, 2.75) is 25.7 Å². The molecule has 0 bridgehead atoms. The molecule has 2 unspecified atom stereocenters. The first-order valence-electron chi connectivity index (χ1n) is 4.98. The van der Waals surface area contributed by atoms with Crippen molar-refractivity contribution >= 4 is 11.9 Å². The molecule has 0 heterocycles. The number of carboxylic acids is 1. The molecule has 0 aromatic rings. The van der Waals surface area contributed by atoms with Crippen LogP contribution >= 0.6 is 0 Å². The molecular formula is C10H17NO3. The molecule has 1 aliphatic carbocycles. The van der Waals surface area contributed by atoms with Crippen molar-refractivity contribution < 1.29 is 14.7 Å². The van der Waals surface area contributed by atoms with Gasteiger partial charge in [-0.1, -0.05) is 12.8 Å². The second-order valence-corrected chi connectivity index (χ2v) is 4.07. The van der Waals surface area contributed by atoms with Crippen LogP contribution in [-0.4, -0.2) is 36.0 Å². The van der Waals surface area contributed by atoms with Gasteiger partial charge in [0.15, 0.2) is 0 Å². The van der Waals surface area contributed by atoms with Crippen molar-refractivity contribution in [3.8, 4) is 0 Å². The average molecular weight is 199 g/mol. The molecule has 1 rings (SSSR count). The third kappa shape index (κ3) is 2.25. The SMILES string of the molecule is CN(C)C(=O)C1CCCCC1C(=O)O. The van der Waals surface area contributed by atoms with Gasteiger partial charge in [-0.05, 0) is 12.8 Å². The molecule has 0 radical (unpaired) electrons. The van der Waals surface area contributed by atoms with E-state index >= 15 is 0 Å². The number of amides is 1. The second kappa shape index (κ2) is 4.44. The number of hydrogen-bond acceptors (Lipinski definition) is 2. The van der Waals surface area contributed by atoms with Gasteiger partial charge >= 0.3 is 5.97 Å². The van der Waals surface area contributed by atoms with Crippen LogP contribution in [0, 0.1) is 11.8 Å². The molecule has 0 saturated heterocycles. The largest absolute Gasteiger partial charge is 0.481 e. The molecule has 1 fully saturated rings. The number of nitrogens with zero attached hydrogens (tertiary/aromatic N) is 1. The van der Waals surface area contributed by atoms with Gasteiger partial charge in [-0.25, -0.2) is 0 Å². The summed E-state index contributed by atoms with van der Waals surface area (Å²) >= 11 is 0. The van der Waals surface area contributed by atoms with Crippen molar-refractivity contribution in [2.75, 3.05) is 14.1 Å². The first-order valence-corrected chi connectivity index (χ1v) is 4.98. The summed E-state index contributed by atoms with van der Waals surface area (Å²) in [7, 11) is 3.35. The van der Waals surface area contributed by atoms with Crippen molar-refractivity contribution in [3.63, 3.8) is 0 Å². The Kier molecular flexibility index (Phi) is 3.49. The van der Waals surface area contributed by atoms with E-state index in [0.717, 1.165) is 12.8 Å². The fraction of sp³-hybridized carbons (Fsp3) is 0.800. The van der Waals surface area contributed by atoms with Gasteiger partial charge in [0.1, 0.15) is 0 Å². The van der Waals surface area contributed by atoms with E-state index in [1.165, 1.54) is 4.90 Å². The monoisotopic (exact) mass is 199 g/mol. The molecule has 2 atom stereocenters. The van der Waals surface area contributed by atoms with Crippen LogP contribution in [0.15, 0.2) is 0 Å².